The molecule has 0 aliphatic carbocycles. The number of aryl methyl sites for hydroxylation is 1. The second-order valence-electron chi connectivity index (χ2n) is 6.49. The van der Waals surface area contributed by atoms with Crippen LogP contribution in [0.4, 0.5) is 10.1 Å². The number of hydrogen-bond acceptors (Lipinski definition) is 4. The van der Waals surface area contributed by atoms with Crippen LogP contribution in [0.15, 0.2) is 74.5 Å². The number of amides is 1. The van der Waals surface area contributed by atoms with Crippen LogP contribution in [0.2, 0.25) is 0 Å². The maximum absolute atomic E-state index is 13.3. The molecule has 2 aromatic carbocycles. The topological polar surface area (TPSA) is 77.4 Å². The number of nitrogens with one attached hydrogen (secondary N) is 1. The molecule has 0 radical (unpaired) electrons. The Morgan fingerprint density at radius 3 is 2.68 bits per heavy atom. The van der Waals surface area contributed by atoms with E-state index in [2.05, 4.69) is 5.32 Å². The molecule has 0 fully saturated rings. The van der Waals surface area contributed by atoms with Crippen molar-refractivity contribution in [2.24, 2.45) is 7.05 Å². The van der Waals surface area contributed by atoms with Gasteiger partial charge in [0.1, 0.15) is 11.6 Å². The summed E-state index contributed by atoms with van der Waals surface area (Å²) in [5, 5.41) is 2.86. The highest BCUT2D eigenvalue weighted by molar-refractivity contribution is 5.97. The first-order chi connectivity index (χ1) is 13.5. The highest BCUT2D eigenvalue weighted by atomic mass is 19.1. The number of nitrogens with zero attached hydrogens (tertiary/aromatic N) is 1. The van der Waals surface area contributed by atoms with Gasteiger partial charge in [0.2, 0.25) is 5.91 Å². The zero-order chi connectivity index (χ0) is 19.7. The fourth-order valence-electron chi connectivity index (χ4n) is 3.12. The average Bonchev–Trinajstić information content (AvgIpc) is 3.29. The van der Waals surface area contributed by atoms with E-state index in [4.69, 9.17) is 8.83 Å². The van der Waals surface area contributed by atoms with Crippen molar-refractivity contribution in [1.82, 2.24) is 4.57 Å². The van der Waals surface area contributed by atoms with Crippen LogP contribution in [0, 0.1) is 5.82 Å². The van der Waals surface area contributed by atoms with Crippen LogP contribution >= 0.6 is 0 Å². The number of furan rings is 1. The number of oxazole rings is 1. The summed E-state index contributed by atoms with van der Waals surface area (Å²) in [5.41, 5.74) is 2.22. The van der Waals surface area contributed by atoms with Crippen LogP contribution in [0.1, 0.15) is 17.2 Å². The summed E-state index contributed by atoms with van der Waals surface area (Å²) < 4.78 is 25.2. The van der Waals surface area contributed by atoms with E-state index >= 15 is 0 Å². The molecule has 0 bridgehead atoms. The summed E-state index contributed by atoms with van der Waals surface area (Å²) in [6, 6.07) is 14.3. The molecule has 0 saturated heterocycles. The quantitative estimate of drug-likeness (QED) is 0.571. The van der Waals surface area contributed by atoms with Gasteiger partial charge in [0.05, 0.1) is 17.7 Å². The Morgan fingerprint density at radius 2 is 1.96 bits per heavy atom. The van der Waals surface area contributed by atoms with E-state index in [0.29, 0.717) is 34.5 Å². The number of hydrogen-bond donors (Lipinski definition) is 1. The third-order valence-electron chi connectivity index (χ3n) is 4.63. The van der Waals surface area contributed by atoms with Crippen molar-refractivity contribution in [3.63, 3.8) is 0 Å². The maximum Gasteiger partial charge on any atom is 0.419 e. The zero-order valence-electron chi connectivity index (χ0n) is 15.0. The SMILES string of the molecule is Cn1c(=O)oc2ccc(NC(=O)C(Cc3ccco3)c3ccc(F)cc3)cc21. The van der Waals surface area contributed by atoms with Crippen LogP contribution in [-0.2, 0) is 18.3 Å². The molecule has 1 N–H and O–H groups in total. The molecule has 142 valence electrons. The Bertz CT molecular complexity index is 1170. The molecule has 4 aromatic rings. The molecule has 6 nitrogen and oxygen atoms in total. The van der Waals surface area contributed by atoms with Crippen LogP contribution in [0.5, 0.6) is 0 Å². The van der Waals surface area contributed by atoms with Crippen molar-refractivity contribution in [3.8, 4) is 0 Å². The molecule has 0 saturated carbocycles. The van der Waals surface area contributed by atoms with Crippen LogP contribution < -0.4 is 11.1 Å². The lowest BCUT2D eigenvalue weighted by Gasteiger charge is -2.16. The molecular formula is C21H17FN2O4. The van der Waals surface area contributed by atoms with E-state index in [9.17, 15) is 14.0 Å². The van der Waals surface area contributed by atoms with Gasteiger partial charge in [0, 0.05) is 19.2 Å². The Morgan fingerprint density at radius 1 is 1.18 bits per heavy atom. The van der Waals surface area contributed by atoms with E-state index in [1.807, 2.05) is 0 Å². The number of carbonyl (C=O) groups is 1. The number of anilines is 1. The fraction of sp³-hybridized carbons (Fsp3) is 0.143. The zero-order valence-corrected chi connectivity index (χ0v) is 15.0. The van der Waals surface area contributed by atoms with Crippen LogP contribution in [0.25, 0.3) is 11.1 Å². The second-order valence-corrected chi connectivity index (χ2v) is 6.49. The summed E-state index contributed by atoms with van der Waals surface area (Å²) in [7, 11) is 1.60. The first kappa shape index (κ1) is 17.8. The van der Waals surface area contributed by atoms with Gasteiger partial charge in [-0.25, -0.2) is 9.18 Å². The Kier molecular flexibility index (Phi) is 4.57. The summed E-state index contributed by atoms with van der Waals surface area (Å²) in [6.07, 6.45) is 1.87. The third-order valence-corrected chi connectivity index (χ3v) is 4.63. The summed E-state index contributed by atoms with van der Waals surface area (Å²) in [5.74, 6) is -1.03. The minimum Gasteiger partial charge on any atom is -0.469 e. The molecule has 28 heavy (non-hydrogen) atoms. The lowest BCUT2D eigenvalue weighted by atomic mass is 9.93. The van der Waals surface area contributed by atoms with Gasteiger partial charge >= 0.3 is 5.76 Å². The first-order valence-electron chi connectivity index (χ1n) is 8.69. The van der Waals surface area contributed by atoms with Crippen molar-refractivity contribution in [1.29, 1.82) is 0 Å². The Balaban J connectivity index is 1.64. The van der Waals surface area contributed by atoms with Gasteiger partial charge in [-0.1, -0.05) is 12.1 Å². The van der Waals surface area contributed by atoms with Gasteiger partial charge in [-0.05, 0) is 48.0 Å². The lowest BCUT2D eigenvalue weighted by molar-refractivity contribution is -0.117. The maximum atomic E-state index is 13.3. The minimum atomic E-state index is -0.574. The first-order valence-corrected chi connectivity index (χ1v) is 8.69. The number of benzene rings is 2. The van der Waals surface area contributed by atoms with Gasteiger partial charge in [0.25, 0.3) is 0 Å². The van der Waals surface area contributed by atoms with Gasteiger partial charge in [0.15, 0.2) is 5.58 Å². The molecule has 1 atom stereocenters. The van der Waals surface area contributed by atoms with Gasteiger partial charge < -0.3 is 14.2 Å². The monoisotopic (exact) mass is 380 g/mol. The van der Waals surface area contributed by atoms with Gasteiger partial charge in [-0.3, -0.25) is 9.36 Å². The Labute approximate surface area is 159 Å². The number of carbonyl (C=O) groups excluding carboxylic acids is 1. The van der Waals surface area contributed by atoms with E-state index in [1.165, 1.54) is 16.7 Å². The molecule has 2 heterocycles. The van der Waals surface area contributed by atoms with Crippen molar-refractivity contribution in [2.45, 2.75) is 12.3 Å². The molecule has 0 spiro atoms. The Hall–Kier alpha value is -3.61. The second kappa shape index (κ2) is 7.19. The normalized spacial score (nSPS) is 12.2. The van der Waals surface area contributed by atoms with Gasteiger partial charge in [-0.15, -0.1) is 0 Å². The molecular weight excluding hydrogens is 363 g/mol. The van der Waals surface area contributed by atoms with E-state index in [0.717, 1.165) is 0 Å². The van der Waals surface area contributed by atoms with Gasteiger partial charge in [-0.2, -0.15) is 0 Å². The smallest absolute Gasteiger partial charge is 0.419 e. The van der Waals surface area contributed by atoms with Crippen molar-refractivity contribution in [2.75, 3.05) is 5.32 Å². The number of fused-ring (bicyclic) bond motifs is 1. The summed E-state index contributed by atoms with van der Waals surface area (Å²) >= 11 is 0. The highest BCUT2D eigenvalue weighted by Gasteiger charge is 2.23. The molecule has 2 aromatic heterocycles. The molecule has 1 amide bonds. The molecule has 7 heteroatoms. The molecule has 1 unspecified atom stereocenters. The van der Waals surface area contributed by atoms with Crippen molar-refractivity contribution < 1.29 is 18.0 Å². The number of rotatable bonds is 5. The van der Waals surface area contributed by atoms with Crippen molar-refractivity contribution >= 4 is 22.7 Å². The van der Waals surface area contributed by atoms with Crippen LogP contribution in [0.3, 0.4) is 0 Å². The van der Waals surface area contributed by atoms with Crippen LogP contribution in [-0.4, -0.2) is 10.5 Å². The standard InChI is InChI=1S/C21H17FN2O4/c1-24-18-11-15(8-9-19(18)28-21(24)26)23-20(25)17(12-16-3-2-10-27-16)13-4-6-14(22)7-5-13/h2-11,17H,12H2,1H3,(H,23,25). The summed E-state index contributed by atoms with van der Waals surface area (Å²) in [4.78, 5) is 24.7. The molecule has 4 rings (SSSR count). The van der Waals surface area contributed by atoms with E-state index in [1.54, 1.807) is 55.8 Å². The summed E-state index contributed by atoms with van der Waals surface area (Å²) in [6.45, 7) is 0. The minimum absolute atomic E-state index is 0.268. The largest absolute Gasteiger partial charge is 0.469 e. The number of halogens is 1. The van der Waals surface area contributed by atoms with E-state index in [-0.39, 0.29) is 11.7 Å². The van der Waals surface area contributed by atoms with Crippen molar-refractivity contribution in [3.05, 3.63) is 88.6 Å². The predicted molar refractivity (Wildman–Crippen MR) is 102 cm³/mol. The van der Waals surface area contributed by atoms with E-state index < -0.39 is 11.7 Å². The third kappa shape index (κ3) is 3.46. The highest BCUT2D eigenvalue weighted by Crippen LogP contribution is 2.25. The number of aromatic nitrogens is 1. The lowest BCUT2D eigenvalue weighted by Crippen LogP contribution is -2.23. The molecule has 0 aliphatic heterocycles. The fourth-order valence-corrected chi connectivity index (χ4v) is 3.12. The average molecular weight is 380 g/mol. The molecule has 0 aliphatic rings. The predicted octanol–water partition coefficient (Wildman–Crippen LogP) is 3.83.